The van der Waals surface area contributed by atoms with Gasteiger partial charge in [0.2, 0.25) is 0 Å². The molecule has 1 N–H and O–H groups in total. The third kappa shape index (κ3) is 1.61. The van der Waals surface area contributed by atoms with Crippen LogP contribution in [0.5, 0.6) is 5.75 Å². The van der Waals surface area contributed by atoms with E-state index in [2.05, 4.69) is 0 Å². The van der Waals surface area contributed by atoms with E-state index in [9.17, 15) is 9.90 Å². The highest BCUT2D eigenvalue weighted by Crippen LogP contribution is 2.17. The number of phenols is 1. The smallest absolute Gasteiger partial charge is 0.150 e. The number of hydrogen-bond donors (Lipinski definition) is 1. The number of aromatic hydroxyl groups is 1. The Kier molecular flexibility index (Phi) is 2.44. The average molecular weight is 161 g/mol. The second-order valence-corrected chi connectivity index (χ2v) is 2.34. The zero-order valence-electron chi connectivity index (χ0n) is 6.32. The number of phenolic OH excluding ortho intramolecular Hbond substituents is 1. The average Bonchev–Trinajstić information content (AvgIpc) is 2.09. The Morgan fingerprint density at radius 1 is 1.58 bits per heavy atom. The van der Waals surface area contributed by atoms with Gasteiger partial charge in [0.25, 0.3) is 0 Å². The molecule has 60 valence electrons. The molecule has 1 aromatic carbocycles. The van der Waals surface area contributed by atoms with Crippen molar-refractivity contribution in [1.29, 1.82) is 5.26 Å². The van der Waals surface area contributed by atoms with E-state index in [1.165, 1.54) is 18.2 Å². The molecule has 1 rings (SSSR count). The van der Waals surface area contributed by atoms with Crippen molar-refractivity contribution in [3.63, 3.8) is 0 Å². The number of hydrogen-bond acceptors (Lipinski definition) is 3. The predicted molar refractivity (Wildman–Crippen MR) is 42.8 cm³/mol. The molecule has 12 heavy (non-hydrogen) atoms. The van der Waals surface area contributed by atoms with Crippen LogP contribution in [0.1, 0.15) is 15.9 Å². The van der Waals surface area contributed by atoms with Gasteiger partial charge in [0.15, 0.2) is 0 Å². The molecular formula is C9H7NO2. The Hall–Kier alpha value is -1.82. The molecule has 0 heterocycles. The molecule has 3 heteroatoms. The topological polar surface area (TPSA) is 61.1 Å². The molecule has 0 aliphatic carbocycles. The SMILES string of the molecule is N#CCc1cc(C=O)ccc1O. The first-order valence-electron chi connectivity index (χ1n) is 3.42. The minimum atomic E-state index is 0.0575. The quantitative estimate of drug-likeness (QED) is 0.664. The first kappa shape index (κ1) is 8.28. The summed E-state index contributed by atoms with van der Waals surface area (Å²) in [6.45, 7) is 0. The lowest BCUT2D eigenvalue weighted by Crippen LogP contribution is -1.86. The van der Waals surface area contributed by atoms with Gasteiger partial charge in [-0.15, -0.1) is 0 Å². The highest BCUT2D eigenvalue weighted by molar-refractivity contribution is 5.75. The second-order valence-electron chi connectivity index (χ2n) is 2.34. The Balaban J connectivity index is 3.09. The van der Waals surface area contributed by atoms with Crippen LogP contribution in [0.3, 0.4) is 0 Å². The van der Waals surface area contributed by atoms with E-state index in [0.29, 0.717) is 17.4 Å². The molecule has 0 atom stereocenters. The van der Waals surface area contributed by atoms with Crippen molar-refractivity contribution in [3.05, 3.63) is 29.3 Å². The van der Waals surface area contributed by atoms with Crippen molar-refractivity contribution in [1.82, 2.24) is 0 Å². The largest absolute Gasteiger partial charge is 0.508 e. The van der Waals surface area contributed by atoms with Crippen molar-refractivity contribution in [3.8, 4) is 11.8 Å². The molecular weight excluding hydrogens is 154 g/mol. The number of benzene rings is 1. The van der Waals surface area contributed by atoms with Crippen LogP contribution in [-0.4, -0.2) is 11.4 Å². The fraction of sp³-hybridized carbons (Fsp3) is 0.111. The van der Waals surface area contributed by atoms with Crippen molar-refractivity contribution in [2.24, 2.45) is 0 Å². The van der Waals surface area contributed by atoms with Gasteiger partial charge in [0, 0.05) is 11.1 Å². The first-order chi connectivity index (χ1) is 5.77. The van der Waals surface area contributed by atoms with E-state index in [1.54, 1.807) is 0 Å². The fourth-order valence-corrected chi connectivity index (χ4v) is 0.906. The zero-order chi connectivity index (χ0) is 8.97. The molecule has 0 saturated carbocycles. The molecule has 0 bridgehead atoms. The van der Waals surface area contributed by atoms with E-state index in [-0.39, 0.29) is 12.2 Å². The monoisotopic (exact) mass is 161 g/mol. The molecule has 0 aliphatic rings. The summed E-state index contributed by atoms with van der Waals surface area (Å²) >= 11 is 0. The lowest BCUT2D eigenvalue weighted by molar-refractivity contribution is 0.112. The number of aldehydes is 1. The molecule has 0 amide bonds. The fourth-order valence-electron chi connectivity index (χ4n) is 0.906. The lowest BCUT2D eigenvalue weighted by Gasteiger charge is -1.99. The molecule has 0 saturated heterocycles. The summed E-state index contributed by atoms with van der Waals surface area (Å²) in [5.74, 6) is 0.0575. The van der Waals surface area contributed by atoms with Crippen molar-refractivity contribution in [2.75, 3.05) is 0 Å². The maximum atomic E-state index is 10.3. The van der Waals surface area contributed by atoms with Gasteiger partial charge in [-0.25, -0.2) is 0 Å². The van der Waals surface area contributed by atoms with E-state index in [4.69, 9.17) is 5.26 Å². The van der Waals surface area contributed by atoms with Crippen LogP contribution in [0.25, 0.3) is 0 Å². The molecule has 1 aromatic rings. The molecule has 0 spiro atoms. The Morgan fingerprint density at radius 3 is 2.92 bits per heavy atom. The van der Waals surface area contributed by atoms with Crippen LogP contribution in [0.4, 0.5) is 0 Å². The Bertz CT molecular complexity index is 339. The standard InChI is InChI=1S/C9H7NO2/c10-4-3-8-5-7(6-11)1-2-9(8)12/h1-2,5-6,12H,3H2. The number of carbonyl (C=O) groups is 1. The minimum Gasteiger partial charge on any atom is -0.508 e. The van der Waals surface area contributed by atoms with Crippen molar-refractivity contribution >= 4 is 6.29 Å². The lowest BCUT2D eigenvalue weighted by atomic mass is 10.1. The highest BCUT2D eigenvalue weighted by Gasteiger charge is 2.00. The third-order valence-corrected chi connectivity index (χ3v) is 1.51. The van der Waals surface area contributed by atoms with Gasteiger partial charge in [-0.3, -0.25) is 4.79 Å². The summed E-state index contributed by atoms with van der Waals surface area (Å²) in [6.07, 6.45) is 0.799. The summed E-state index contributed by atoms with van der Waals surface area (Å²) in [4.78, 5) is 10.3. The molecule has 0 radical (unpaired) electrons. The van der Waals surface area contributed by atoms with Crippen LogP contribution in [0.15, 0.2) is 18.2 Å². The predicted octanol–water partition coefficient (Wildman–Crippen LogP) is 1.27. The summed E-state index contributed by atoms with van der Waals surface area (Å²) in [5.41, 5.74) is 0.958. The van der Waals surface area contributed by atoms with Gasteiger partial charge in [-0.05, 0) is 18.2 Å². The van der Waals surface area contributed by atoms with Crippen molar-refractivity contribution < 1.29 is 9.90 Å². The van der Waals surface area contributed by atoms with Crippen LogP contribution < -0.4 is 0 Å². The summed E-state index contributed by atoms with van der Waals surface area (Å²) in [6, 6.07) is 6.32. The second kappa shape index (κ2) is 3.54. The molecule has 0 aromatic heterocycles. The Labute approximate surface area is 69.9 Å². The summed E-state index contributed by atoms with van der Waals surface area (Å²) in [5, 5.41) is 17.6. The van der Waals surface area contributed by atoms with Crippen LogP contribution in [0.2, 0.25) is 0 Å². The van der Waals surface area contributed by atoms with Gasteiger partial charge in [-0.1, -0.05) is 0 Å². The van der Waals surface area contributed by atoms with Crippen LogP contribution >= 0.6 is 0 Å². The normalized spacial score (nSPS) is 8.92. The summed E-state index contributed by atoms with van der Waals surface area (Å²) in [7, 11) is 0. The van der Waals surface area contributed by atoms with Gasteiger partial charge in [0.05, 0.1) is 12.5 Å². The van der Waals surface area contributed by atoms with Gasteiger partial charge in [0.1, 0.15) is 12.0 Å². The minimum absolute atomic E-state index is 0.0575. The third-order valence-electron chi connectivity index (χ3n) is 1.51. The number of rotatable bonds is 2. The maximum Gasteiger partial charge on any atom is 0.150 e. The zero-order valence-corrected chi connectivity index (χ0v) is 6.32. The van der Waals surface area contributed by atoms with Gasteiger partial charge in [-0.2, -0.15) is 5.26 Å². The molecule has 0 fully saturated rings. The highest BCUT2D eigenvalue weighted by atomic mass is 16.3. The molecule has 3 nitrogen and oxygen atoms in total. The van der Waals surface area contributed by atoms with E-state index < -0.39 is 0 Å². The number of nitrogens with zero attached hydrogens (tertiary/aromatic N) is 1. The Morgan fingerprint density at radius 2 is 2.33 bits per heavy atom. The van der Waals surface area contributed by atoms with Gasteiger partial charge < -0.3 is 5.11 Å². The molecule has 0 unspecified atom stereocenters. The van der Waals surface area contributed by atoms with E-state index >= 15 is 0 Å². The van der Waals surface area contributed by atoms with E-state index in [0.717, 1.165) is 0 Å². The van der Waals surface area contributed by atoms with Crippen molar-refractivity contribution in [2.45, 2.75) is 6.42 Å². The summed E-state index contributed by atoms with van der Waals surface area (Å²) < 4.78 is 0. The van der Waals surface area contributed by atoms with Crippen LogP contribution in [0, 0.1) is 11.3 Å². The van der Waals surface area contributed by atoms with Gasteiger partial charge >= 0.3 is 0 Å². The number of carbonyl (C=O) groups excluding carboxylic acids is 1. The van der Waals surface area contributed by atoms with E-state index in [1.807, 2.05) is 6.07 Å². The first-order valence-corrected chi connectivity index (χ1v) is 3.42. The van der Waals surface area contributed by atoms with Crippen LogP contribution in [-0.2, 0) is 6.42 Å². The maximum absolute atomic E-state index is 10.3. The molecule has 0 aliphatic heterocycles. The number of nitriles is 1.